The average molecular weight is 427 g/mol. The van der Waals surface area contributed by atoms with Gasteiger partial charge < -0.3 is 14.0 Å². The topological polar surface area (TPSA) is 35.5 Å². The summed E-state index contributed by atoms with van der Waals surface area (Å²) in [4.78, 5) is 12.5. The highest BCUT2D eigenvalue weighted by Gasteiger charge is 2.32. The van der Waals surface area contributed by atoms with Gasteiger partial charge in [-0.3, -0.25) is 0 Å². The third kappa shape index (κ3) is 9.14. The summed E-state index contributed by atoms with van der Waals surface area (Å²) in [6, 6.07) is 18.0. The van der Waals surface area contributed by atoms with Crippen molar-refractivity contribution < 1.29 is 18.8 Å². The molecule has 1 unspecified atom stereocenters. The predicted molar refractivity (Wildman–Crippen MR) is 127 cm³/mol. The molecule has 2 rings (SSSR count). The zero-order valence-corrected chi connectivity index (χ0v) is 19.8. The molecule has 31 heavy (non-hydrogen) atoms. The van der Waals surface area contributed by atoms with Gasteiger partial charge in [0.05, 0.1) is 14.1 Å². The number of benzene rings is 2. The van der Waals surface area contributed by atoms with Crippen LogP contribution in [-0.4, -0.2) is 37.4 Å². The second-order valence-electron chi connectivity index (χ2n) is 8.99. The lowest BCUT2D eigenvalue weighted by molar-refractivity contribution is -0.917. The molecule has 0 saturated heterocycles. The highest BCUT2D eigenvalue weighted by atomic mass is 16.7. The molecule has 4 heteroatoms. The quantitative estimate of drug-likeness (QED) is 0.158. The zero-order valence-electron chi connectivity index (χ0n) is 19.8. The smallest absolute Gasteiger partial charge is 0.367 e. The molecule has 0 spiro atoms. The number of hydrogen-bond acceptors (Lipinski definition) is 3. The molecule has 1 atom stereocenters. The molecule has 0 saturated carbocycles. The number of esters is 1. The van der Waals surface area contributed by atoms with E-state index in [1.54, 1.807) is 0 Å². The molecule has 0 aliphatic carbocycles. The Hall–Kier alpha value is -2.33. The Morgan fingerprint density at radius 2 is 1.52 bits per heavy atom. The fourth-order valence-corrected chi connectivity index (χ4v) is 3.61. The summed E-state index contributed by atoms with van der Waals surface area (Å²) in [6.07, 6.45) is 8.96. The average Bonchev–Trinajstić information content (AvgIpc) is 2.77. The Labute approximate surface area is 188 Å². The van der Waals surface area contributed by atoms with Crippen LogP contribution in [0.4, 0.5) is 0 Å². The lowest BCUT2D eigenvalue weighted by atomic mass is 10.1. The van der Waals surface area contributed by atoms with Crippen molar-refractivity contribution >= 4 is 5.97 Å². The molecule has 2 aromatic carbocycles. The van der Waals surface area contributed by atoms with Gasteiger partial charge in [0.2, 0.25) is 6.79 Å². The van der Waals surface area contributed by atoms with Crippen LogP contribution in [0.25, 0.3) is 0 Å². The van der Waals surface area contributed by atoms with E-state index in [0.717, 1.165) is 18.7 Å². The standard InChI is InChI=1S/C27H40NO3/c1-5-6-7-8-9-11-14-24-17-19-26(20-18-24)30-22-31-27(29)23(2)28(3,4)21-25-15-12-10-13-16-25/h10,12-13,15-20,23H,5-9,11,14,21-22H2,1-4H3/q+1. The van der Waals surface area contributed by atoms with Crippen molar-refractivity contribution in [1.82, 2.24) is 0 Å². The Balaban J connectivity index is 1.70. The summed E-state index contributed by atoms with van der Waals surface area (Å²) in [5.74, 6) is 0.478. The number of aryl methyl sites for hydroxylation is 1. The number of nitrogens with zero attached hydrogens (tertiary/aromatic N) is 1. The normalized spacial score (nSPS) is 12.4. The van der Waals surface area contributed by atoms with Crippen LogP contribution in [0.3, 0.4) is 0 Å². The van der Waals surface area contributed by atoms with Crippen LogP contribution < -0.4 is 4.74 Å². The van der Waals surface area contributed by atoms with Crippen molar-refractivity contribution in [3.8, 4) is 5.75 Å². The molecule has 0 fully saturated rings. The van der Waals surface area contributed by atoms with Crippen molar-refractivity contribution in [2.24, 2.45) is 0 Å². The van der Waals surface area contributed by atoms with Crippen molar-refractivity contribution in [3.63, 3.8) is 0 Å². The Kier molecular flexibility index (Phi) is 10.6. The van der Waals surface area contributed by atoms with Crippen LogP contribution in [0.5, 0.6) is 5.75 Å². The predicted octanol–water partition coefficient (Wildman–Crippen LogP) is 6.13. The number of unbranched alkanes of at least 4 members (excludes halogenated alkanes) is 5. The van der Waals surface area contributed by atoms with Crippen LogP contribution in [0.1, 0.15) is 63.5 Å². The van der Waals surface area contributed by atoms with Gasteiger partial charge in [0.15, 0.2) is 6.04 Å². The largest absolute Gasteiger partial charge is 0.457 e. The second-order valence-corrected chi connectivity index (χ2v) is 8.99. The first-order valence-electron chi connectivity index (χ1n) is 11.7. The maximum Gasteiger partial charge on any atom is 0.367 e. The van der Waals surface area contributed by atoms with Crippen molar-refractivity contribution in [2.45, 2.75) is 71.4 Å². The number of hydrogen-bond donors (Lipinski definition) is 0. The highest BCUT2D eigenvalue weighted by molar-refractivity contribution is 5.74. The van der Waals surface area contributed by atoms with Gasteiger partial charge in [0.25, 0.3) is 0 Å². The molecule has 0 aromatic heterocycles. The second kappa shape index (κ2) is 13.2. The van der Waals surface area contributed by atoms with Crippen LogP contribution >= 0.6 is 0 Å². The molecule has 2 aromatic rings. The van der Waals surface area contributed by atoms with Gasteiger partial charge >= 0.3 is 5.97 Å². The number of carbonyl (C=O) groups excluding carboxylic acids is 1. The molecule has 170 valence electrons. The van der Waals surface area contributed by atoms with Gasteiger partial charge in [-0.25, -0.2) is 4.79 Å². The van der Waals surface area contributed by atoms with Crippen molar-refractivity contribution in [3.05, 3.63) is 65.7 Å². The minimum absolute atomic E-state index is 0.0642. The van der Waals surface area contributed by atoms with Gasteiger partial charge in [-0.05, 0) is 37.5 Å². The zero-order chi connectivity index (χ0) is 22.5. The van der Waals surface area contributed by atoms with Crippen LogP contribution in [0, 0.1) is 0 Å². The highest BCUT2D eigenvalue weighted by Crippen LogP contribution is 2.17. The molecule has 0 aliphatic heterocycles. The maximum atomic E-state index is 12.5. The lowest BCUT2D eigenvalue weighted by Crippen LogP contribution is -2.51. The number of ether oxygens (including phenoxy) is 2. The van der Waals surface area contributed by atoms with Gasteiger partial charge in [-0.1, -0.05) is 81.5 Å². The molecule has 0 radical (unpaired) electrons. The minimum Gasteiger partial charge on any atom is -0.457 e. The molecular weight excluding hydrogens is 386 g/mol. The Morgan fingerprint density at radius 3 is 2.19 bits per heavy atom. The fraction of sp³-hybridized carbons (Fsp3) is 0.519. The van der Waals surface area contributed by atoms with Gasteiger partial charge in [-0.15, -0.1) is 0 Å². The van der Waals surface area contributed by atoms with Crippen LogP contribution in [0.2, 0.25) is 0 Å². The van der Waals surface area contributed by atoms with E-state index >= 15 is 0 Å². The summed E-state index contributed by atoms with van der Waals surface area (Å²) in [5, 5.41) is 0. The van der Waals surface area contributed by atoms with E-state index < -0.39 is 0 Å². The van der Waals surface area contributed by atoms with Crippen molar-refractivity contribution in [2.75, 3.05) is 20.9 Å². The van der Waals surface area contributed by atoms with Crippen LogP contribution in [-0.2, 0) is 22.5 Å². The van der Waals surface area contributed by atoms with E-state index in [1.165, 1.54) is 49.7 Å². The van der Waals surface area contributed by atoms with E-state index in [2.05, 4.69) is 31.2 Å². The number of carbonyl (C=O) groups is 1. The van der Waals surface area contributed by atoms with Gasteiger partial charge in [0, 0.05) is 5.56 Å². The molecular formula is C27H40NO3+. The summed E-state index contributed by atoms with van der Waals surface area (Å²) in [7, 11) is 4.09. The Morgan fingerprint density at radius 1 is 0.871 bits per heavy atom. The third-order valence-corrected chi connectivity index (χ3v) is 5.99. The molecule has 0 N–H and O–H groups in total. The molecule has 0 aliphatic rings. The molecule has 4 nitrogen and oxygen atoms in total. The minimum atomic E-state index is -0.288. The number of rotatable bonds is 14. The number of quaternary nitrogens is 1. The first-order chi connectivity index (χ1) is 14.9. The van der Waals surface area contributed by atoms with Crippen LogP contribution in [0.15, 0.2) is 54.6 Å². The van der Waals surface area contributed by atoms with E-state index in [9.17, 15) is 4.79 Å². The first kappa shape index (κ1) is 24.9. The van der Waals surface area contributed by atoms with E-state index in [4.69, 9.17) is 9.47 Å². The third-order valence-electron chi connectivity index (χ3n) is 5.99. The lowest BCUT2D eigenvalue weighted by Gasteiger charge is -2.34. The summed E-state index contributed by atoms with van der Waals surface area (Å²) in [5.41, 5.74) is 2.53. The molecule has 0 bridgehead atoms. The summed E-state index contributed by atoms with van der Waals surface area (Å²) < 4.78 is 11.6. The fourth-order valence-electron chi connectivity index (χ4n) is 3.61. The summed E-state index contributed by atoms with van der Waals surface area (Å²) in [6.45, 7) is 4.85. The SMILES string of the molecule is CCCCCCCCc1ccc(OCOC(=O)C(C)[N+](C)(C)Cc2ccccc2)cc1. The van der Waals surface area contributed by atoms with Gasteiger partial charge in [0.1, 0.15) is 12.3 Å². The Bertz CT molecular complexity index is 756. The van der Waals surface area contributed by atoms with E-state index in [0.29, 0.717) is 4.48 Å². The first-order valence-corrected chi connectivity index (χ1v) is 11.7. The van der Waals surface area contributed by atoms with Gasteiger partial charge in [-0.2, -0.15) is 0 Å². The monoisotopic (exact) mass is 426 g/mol. The van der Waals surface area contributed by atoms with E-state index in [1.807, 2.05) is 51.4 Å². The molecule has 0 heterocycles. The number of likely N-dealkylation sites (N-methyl/N-ethyl adjacent to an activating group) is 1. The van der Waals surface area contributed by atoms with Crippen molar-refractivity contribution in [1.29, 1.82) is 0 Å². The van der Waals surface area contributed by atoms with E-state index in [-0.39, 0.29) is 18.8 Å². The maximum absolute atomic E-state index is 12.5. The molecule has 0 amide bonds. The summed E-state index contributed by atoms with van der Waals surface area (Å²) >= 11 is 0.